The third-order valence-electron chi connectivity index (χ3n) is 3.75. The van der Waals surface area contributed by atoms with Gasteiger partial charge in [-0.3, -0.25) is 0 Å². The monoisotopic (exact) mass is 300 g/mol. The fraction of sp³-hybridized carbons (Fsp3) is 0.368. The molecule has 0 aliphatic heterocycles. The van der Waals surface area contributed by atoms with Crippen molar-refractivity contribution < 1.29 is 14.2 Å². The number of hydrogen-bond acceptors (Lipinski definition) is 3. The van der Waals surface area contributed by atoms with Crippen LogP contribution in [0.2, 0.25) is 0 Å². The van der Waals surface area contributed by atoms with Crippen molar-refractivity contribution in [2.75, 3.05) is 21.3 Å². The summed E-state index contributed by atoms with van der Waals surface area (Å²) in [5.41, 5.74) is 3.42. The fourth-order valence-corrected chi connectivity index (χ4v) is 2.43. The minimum absolute atomic E-state index is 0.132. The molecule has 118 valence electrons. The van der Waals surface area contributed by atoms with Crippen molar-refractivity contribution in [1.29, 1.82) is 0 Å². The van der Waals surface area contributed by atoms with Crippen molar-refractivity contribution in [3.63, 3.8) is 0 Å². The highest BCUT2D eigenvalue weighted by molar-refractivity contribution is 5.78. The van der Waals surface area contributed by atoms with Crippen molar-refractivity contribution in [2.24, 2.45) is 0 Å². The second-order valence-corrected chi connectivity index (χ2v) is 6.23. The van der Waals surface area contributed by atoms with Crippen molar-refractivity contribution in [1.82, 2.24) is 0 Å². The minimum atomic E-state index is 0.132. The van der Waals surface area contributed by atoms with E-state index in [1.54, 1.807) is 21.3 Å². The fourth-order valence-electron chi connectivity index (χ4n) is 2.43. The van der Waals surface area contributed by atoms with Gasteiger partial charge in [0, 0.05) is 12.1 Å². The average molecular weight is 300 g/mol. The number of ether oxygens (including phenoxy) is 3. The quantitative estimate of drug-likeness (QED) is 0.820. The van der Waals surface area contributed by atoms with Gasteiger partial charge < -0.3 is 14.2 Å². The first-order valence-electron chi connectivity index (χ1n) is 7.31. The van der Waals surface area contributed by atoms with Crippen LogP contribution in [0, 0.1) is 0 Å². The molecule has 3 heteroatoms. The summed E-state index contributed by atoms with van der Waals surface area (Å²) in [6.07, 6.45) is 0. The Labute approximate surface area is 132 Å². The molecule has 0 bridgehead atoms. The molecule has 0 radical (unpaired) electrons. The molecular formula is C19H24O3. The van der Waals surface area contributed by atoms with Crippen LogP contribution in [-0.2, 0) is 5.41 Å². The predicted molar refractivity (Wildman–Crippen MR) is 90.2 cm³/mol. The van der Waals surface area contributed by atoms with Crippen molar-refractivity contribution >= 4 is 0 Å². The van der Waals surface area contributed by atoms with Gasteiger partial charge in [0.15, 0.2) is 0 Å². The maximum atomic E-state index is 5.52. The normalized spacial score (nSPS) is 11.2. The van der Waals surface area contributed by atoms with E-state index in [1.165, 1.54) is 5.56 Å². The van der Waals surface area contributed by atoms with E-state index in [1.807, 2.05) is 12.1 Å². The van der Waals surface area contributed by atoms with E-state index >= 15 is 0 Å². The highest BCUT2D eigenvalue weighted by Crippen LogP contribution is 2.42. The first-order valence-corrected chi connectivity index (χ1v) is 7.31. The predicted octanol–water partition coefficient (Wildman–Crippen LogP) is 4.68. The Morgan fingerprint density at radius 1 is 0.727 bits per heavy atom. The van der Waals surface area contributed by atoms with Crippen molar-refractivity contribution in [3.05, 3.63) is 42.0 Å². The lowest BCUT2D eigenvalue weighted by Gasteiger charge is -2.20. The highest BCUT2D eigenvalue weighted by atomic mass is 16.5. The molecule has 0 spiro atoms. The third kappa shape index (κ3) is 3.19. The van der Waals surface area contributed by atoms with E-state index in [4.69, 9.17) is 14.2 Å². The molecule has 2 aromatic rings. The molecule has 2 rings (SSSR count). The Morgan fingerprint density at radius 3 is 1.59 bits per heavy atom. The Bertz CT molecular complexity index is 612. The summed E-state index contributed by atoms with van der Waals surface area (Å²) in [6.45, 7) is 6.61. The van der Waals surface area contributed by atoms with Crippen LogP contribution >= 0.6 is 0 Å². The Balaban J connectivity index is 2.56. The first-order chi connectivity index (χ1) is 10.4. The first kappa shape index (κ1) is 16.2. The summed E-state index contributed by atoms with van der Waals surface area (Å²) in [6, 6.07) is 12.3. The highest BCUT2D eigenvalue weighted by Gasteiger charge is 2.17. The zero-order valence-corrected chi connectivity index (χ0v) is 14.2. The van der Waals surface area contributed by atoms with Gasteiger partial charge in [0.05, 0.1) is 26.9 Å². The van der Waals surface area contributed by atoms with Gasteiger partial charge in [-0.25, -0.2) is 0 Å². The van der Waals surface area contributed by atoms with Crippen LogP contribution in [-0.4, -0.2) is 21.3 Å². The summed E-state index contributed by atoms with van der Waals surface area (Å²) in [4.78, 5) is 0. The van der Waals surface area contributed by atoms with E-state index < -0.39 is 0 Å². The molecule has 0 heterocycles. The zero-order valence-electron chi connectivity index (χ0n) is 14.2. The molecule has 3 nitrogen and oxygen atoms in total. The lowest BCUT2D eigenvalue weighted by atomic mass is 9.86. The van der Waals surface area contributed by atoms with Crippen LogP contribution in [0.5, 0.6) is 17.2 Å². The molecule has 22 heavy (non-hydrogen) atoms. The van der Waals surface area contributed by atoms with E-state index in [2.05, 4.69) is 45.0 Å². The van der Waals surface area contributed by atoms with Crippen LogP contribution in [0.1, 0.15) is 26.3 Å². The zero-order chi connectivity index (χ0) is 16.3. The van der Waals surface area contributed by atoms with Gasteiger partial charge in [0.2, 0.25) is 0 Å². The van der Waals surface area contributed by atoms with Gasteiger partial charge >= 0.3 is 0 Å². The number of hydrogen-bond donors (Lipinski definition) is 0. The van der Waals surface area contributed by atoms with Gasteiger partial charge in [-0.1, -0.05) is 45.0 Å². The van der Waals surface area contributed by atoms with E-state index in [0.717, 1.165) is 22.6 Å². The SMILES string of the molecule is COc1cc(OC)c(-c2ccc(C(C)(C)C)cc2)c(OC)c1. The topological polar surface area (TPSA) is 27.7 Å². The molecule has 0 unspecified atom stereocenters. The summed E-state index contributed by atoms with van der Waals surface area (Å²) in [5, 5.41) is 0. The molecule has 0 amide bonds. The molecule has 0 atom stereocenters. The molecule has 0 aliphatic carbocycles. The van der Waals surface area contributed by atoms with Gasteiger partial charge in [-0.05, 0) is 16.5 Å². The maximum absolute atomic E-state index is 5.52. The van der Waals surface area contributed by atoms with Crippen LogP contribution in [0.4, 0.5) is 0 Å². The largest absolute Gasteiger partial charge is 0.496 e. The molecular weight excluding hydrogens is 276 g/mol. The minimum Gasteiger partial charge on any atom is -0.496 e. The van der Waals surface area contributed by atoms with E-state index in [9.17, 15) is 0 Å². The summed E-state index contributed by atoms with van der Waals surface area (Å²) in [7, 11) is 4.94. The summed E-state index contributed by atoms with van der Waals surface area (Å²) in [5.74, 6) is 2.18. The Morgan fingerprint density at radius 2 is 1.23 bits per heavy atom. The van der Waals surface area contributed by atoms with Crippen molar-refractivity contribution in [2.45, 2.75) is 26.2 Å². The molecule has 0 aliphatic rings. The molecule has 0 N–H and O–H groups in total. The third-order valence-corrected chi connectivity index (χ3v) is 3.75. The second-order valence-electron chi connectivity index (χ2n) is 6.23. The van der Waals surface area contributed by atoms with Crippen LogP contribution < -0.4 is 14.2 Å². The smallest absolute Gasteiger partial charge is 0.134 e. The average Bonchev–Trinajstić information content (AvgIpc) is 2.52. The molecule has 0 saturated heterocycles. The lowest BCUT2D eigenvalue weighted by Crippen LogP contribution is -2.10. The van der Waals surface area contributed by atoms with Crippen LogP contribution in [0.15, 0.2) is 36.4 Å². The Hall–Kier alpha value is -2.16. The molecule has 0 fully saturated rings. The molecule has 0 aromatic heterocycles. The number of methoxy groups -OCH3 is 3. The second kappa shape index (κ2) is 6.30. The van der Waals surface area contributed by atoms with Gasteiger partial charge in [0.1, 0.15) is 17.2 Å². The molecule has 0 saturated carbocycles. The summed E-state index contributed by atoms with van der Waals surface area (Å²) >= 11 is 0. The summed E-state index contributed by atoms with van der Waals surface area (Å²) < 4.78 is 16.3. The van der Waals surface area contributed by atoms with Gasteiger partial charge in [-0.2, -0.15) is 0 Å². The van der Waals surface area contributed by atoms with Crippen molar-refractivity contribution in [3.8, 4) is 28.4 Å². The van der Waals surface area contributed by atoms with E-state index in [0.29, 0.717) is 5.75 Å². The van der Waals surface area contributed by atoms with Crippen LogP contribution in [0.3, 0.4) is 0 Å². The molecule has 2 aromatic carbocycles. The van der Waals surface area contributed by atoms with Crippen LogP contribution in [0.25, 0.3) is 11.1 Å². The number of rotatable bonds is 4. The Kier molecular flexibility index (Phi) is 4.65. The standard InChI is InChI=1S/C19H24O3/c1-19(2,3)14-9-7-13(8-10-14)18-16(21-5)11-15(20-4)12-17(18)22-6/h7-12H,1-6H3. The van der Waals surface area contributed by atoms with E-state index in [-0.39, 0.29) is 5.41 Å². The lowest BCUT2D eigenvalue weighted by molar-refractivity contribution is 0.377. The van der Waals surface area contributed by atoms with Gasteiger partial charge in [0.25, 0.3) is 0 Å². The number of benzene rings is 2. The maximum Gasteiger partial charge on any atom is 0.134 e. The van der Waals surface area contributed by atoms with Gasteiger partial charge in [-0.15, -0.1) is 0 Å².